The highest BCUT2D eigenvalue weighted by Crippen LogP contribution is 2.24. The summed E-state index contributed by atoms with van der Waals surface area (Å²) in [5.74, 6) is -0.859. The zero-order valence-corrected chi connectivity index (χ0v) is 8.17. The molecule has 0 radical (unpaired) electrons. The molecule has 1 aromatic heterocycles. The Morgan fingerprint density at radius 3 is 2.27 bits per heavy atom. The lowest BCUT2D eigenvalue weighted by Crippen LogP contribution is -1.92. The Hall–Kier alpha value is -1.77. The fourth-order valence-electron chi connectivity index (χ4n) is 1.49. The van der Waals surface area contributed by atoms with Gasteiger partial charge in [0.25, 0.3) is 0 Å². The van der Waals surface area contributed by atoms with Crippen molar-refractivity contribution in [2.45, 2.75) is 6.92 Å². The summed E-state index contributed by atoms with van der Waals surface area (Å²) in [6.07, 6.45) is 1.41. The third-order valence-corrected chi connectivity index (χ3v) is 2.25. The van der Waals surface area contributed by atoms with Crippen molar-refractivity contribution in [1.29, 1.82) is 0 Å². The monoisotopic (exact) mass is 205 g/mol. The minimum Gasteiger partial charge on any atom is -0.228 e. The molecule has 3 heteroatoms. The summed E-state index contributed by atoms with van der Waals surface area (Å²) in [6.45, 7) is 1.80. The first-order valence-corrected chi connectivity index (χ1v) is 4.55. The molecule has 0 fully saturated rings. The summed E-state index contributed by atoms with van der Waals surface area (Å²) in [7, 11) is 0. The molecular formula is C12H9F2N. The van der Waals surface area contributed by atoms with Crippen LogP contribution in [-0.4, -0.2) is 4.98 Å². The Kier molecular flexibility index (Phi) is 2.46. The molecule has 0 saturated heterocycles. The highest BCUT2D eigenvalue weighted by Gasteiger charge is 2.08. The smallest absolute Gasteiger partial charge is 0.220 e. The van der Waals surface area contributed by atoms with Gasteiger partial charge in [0.1, 0.15) is 5.82 Å². The standard InChI is InChI=1S/C12H9F2N/c1-8-6-7-15-12(14)11(8)9-2-4-10(13)5-3-9/h2-7H,1H3. The highest BCUT2D eigenvalue weighted by atomic mass is 19.1. The maximum Gasteiger partial charge on any atom is 0.220 e. The molecule has 15 heavy (non-hydrogen) atoms. The molecule has 1 heterocycles. The molecule has 0 saturated carbocycles. The van der Waals surface area contributed by atoms with Crippen LogP contribution >= 0.6 is 0 Å². The molecule has 0 amide bonds. The van der Waals surface area contributed by atoms with Crippen LogP contribution in [0.15, 0.2) is 36.5 Å². The number of hydrogen-bond donors (Lipinski definition) is 0. The zero-order valence-electron chi connectivity index (χ0n) is 8.17. The average Bonchev–Trinajstić information content (AvgIpc) is 2.20. The van der Waals surface area contributed by atoms with Gasteiger partial charge in [0.15, 0.2) is 0 Å². The van der Waals surface area contributed by atoms with Crippen LogP contribution in [0.5, 0.6) is 0 Å². The normalized spacial score (nSPS) is 10.3. The molecule has 0 aliphatic rings. The number of aryl methyl sites for hydroxylation is 1. The van der Waals surface area contributed by atoms with E-state index in [0.717, 1.165) is 5.56 Å². The third kappa shape index (κ3) is 1.86. The molecule has 1 nitrogen and oxygen atoms in total. The second-order valence-electron chi connectivity index (χ2n) is 3.30. The van der Waals surface area contributed by atoms with Gasteiger partial charge in [-0.1, -0.05) is 12.1 Å². The van der Waals surface area contributed by atoms with E-state index < -0.39 is 5.95 Å². The van der Waals surface area contributed by atoms with E-state index in [1.165, 1.54) is 18.3 Å². The van der Waals surface area contributed by atoms with Crippen LogP contribution in [-0.2, 0) is 0 Å². The van der Waals surface area contributed by atoms with E-state index in [2.05, 4.69) is 4.98 Å². The second-order valence-corrected chi connectivity index (χ2v) is 3.30. The lowest BCUT2D eigenvalue weighted by atomic mass is 10.0. The molecule has 1 aromatic carbocycles. The number of benzene rings is 1. The van der Waals surface area contributed by atoms with Crippen LogP contribution < -0.4 is 0 Å². The molecule has 0 atom stereocenters. The first-order chi connectivity index (χ1) is 7.18. The molecule has 0 bridgehead atoms. The van der Waals surface area contributed by atoms with Crippen molar-refractivity contribution < 1.29 is 8.78 Å². The van der Waals surface area contributed by atoms with Crippen LogP contribution in [0.1, 0.15) is 5.56 Å². The highest BCUT2D eigenvalue weighted by molar-refractivity contribution is 5.66. The number of nitrogens with zero attached hydrogens (tertiary/aromatic N) is 1. The van der Waals surface area contributed by atoms with Gasteiger partial charge < -0.3 is 0 Å². The van der Waals surface area contributed by atoms with Gasteiger partial charge in [-0.2, -0.15) is 4.39 Å². The fourth-order valence-corrected chi connectivity index (χ4v) is 1.49. The van der Waals surface area contributed by atoms with Gasteiger partial charge in [0.2, 0.25) is 5.95 Å². The molecule has 0 spiro atoms. The van der Waals surface area contributed by atoms with Gasteiger partial charge in [0, 0.05) is 11.8 Å². The number of pyridine rings is 1. The second kappa shape index (κ2) is 3.77. The first-order valence-electron chi connectivity index (χ1n) is 4.55. The van der Waals surface area contributed by atoms with Crippen molar-refractivity contribution in [3.8, 4) is 11.1 Å². The Bertz CT molecular complexity index is 457. The van der Waals surface area contributed by atoms with E-state index in [1.54, 1.807) is 25.1 Å². The molecule has 76 valence electrons. The van der Waals surface area contributed by atoms with Crippen molar-refractivity contribution in [3.05, 3.63) is 53.9 Å². The summed E-state index contributed by atoms with van der Waals surface area (Å²) in [5.41, 5.74) is 1.85. The minimum absolute atomic E-state index is 0.333. The molecule has 2 rings (SSSR count). The lowest BCUT2D eigenvalue weighted by molar-refractivity contribution is 0.586. The fraction of sp³-hybridized carbons (Fsp3) is 0.0833. The lowest BCUT2D eigenvalue weighted by Gasteiger charge is -2.05. The van der Waals surface area contributed by atoms with Crippen LogP contribution in [0.4, 0.5) is 8.78 Å². The number of aromatic nitrogens is 1. The summed E-state index contributed by atoms with van der Waals surface area (Å²) in [6, 6.07) is 7.43. The molecular weight excluding hydrogens is 196 g/mol. The summed E-state index contributed by atoms with van der Waals surface area (Å²) in [5, 5.41) is 0. The van der Waals surface area contributed by atoms with E-state index >= 15 is 0 Å². The van der Waals surface area contributed by atoms with Crippen LogP contribution in [0, 0.1) is 18.7 Å². The first kappa shape index (κ1) is 9.77. The SMILES string of the molecule is Cc1ccnc(F)c1-c1ccc(F)cc1. The Morgan fingerprint density at radius 1 is 1.00 bits per heavy atom. The van der Waals surface area contributed by atoms with Gasteiger partial charge in [-0.3, -0.25) is 0 Å². The van der Waals surface area contributed by atoms with Crippen molar-refractivity contribution in [2.75, 3.05) is 0 Å². The number of halogens is 2. The summed E-state index contributed by atoms with van der Waals surface area (Å²) < 4.78 is 26.1. The van der Waals surface area contributed by atoms with Crippen LogP contribution in [0.25, 0.3) is 11.1 Å². The molecule has 2 aromatic rings. The average molecular weight is 205 g/mol. The number of hydrogen-bond acceptors (Lipinski definition) is 1. The van der Waals surface area contributed by atoms with Crippen LogP contribution in [0.2, 0.25) is 0 Å². The largest absolute Gasteiger partial charge is 0.228 e. The van der Waals surface area contributed by atoms with Crippen molar-refractivity contribution >= 4 is 0 Å². The van der Waals surface area contributed by atoms with Gasteiger partial charge in [0.05, 0.1) is 0 Å². The Morgan fingerprint density at radius 2 is 1.67 bits per heavy atom. The van der Waals surface area contributed by atoms with Crippen LogP contribution in [0.3, 0.4) is 0 Å². The Labute approximate surface area is 86.4 Å². The van der Waals surface area contributed by atoms with Crippen molar-refractivity contribution in [3.63, 3.8) is 0 Å². The maximum absolute atomic E-state index is 13.4. The van der Waals surface area contributed by atoms with Gasteiger partial charge in [-0.15, -0.1) is 0 Å². The topological polar surface area (TPSA) is 12.9 Å². The van der Waals surface area contributed by atoms with E-state index in [1.807, 2.05) is 0 Å². The van der Waals surface area contributed by atoms with Gasteiger partial charge in [-0.05, 0) is 36.2 Å². The molecule has 0 unspecified atom stereocenters. The summed E-state index contributed by atoms with van der Waals surface area (Å²) >= 11 is 0. The predicted molar refractivity (Wildman–Crippen MR) is 54.3 cm³/mol. The van der Waals surface area contributed by atoms with E-state index in [0.29, 0.717) is 11.1 Å². The number of rotatable bonds is 1. The molecule has 0 aliphatic carbocycles. The van der Waals surface area contributed by atoms with Gasteiger partial charge >= 0.3 is 0 Å². The van der Waals surface area contributed by atoms with Crippen molar-refractivity contribution in [2.24, 2.45) is 0 Å². The molecule has 0 aliphatic heterocycles. The van der Waals surface area contributed by atoms with Crippen molar-refractivity contribution in [1.82, 2.24) is 4.98 Å². The maximum atomic E-state index is 13.4. The predicted octanol–water partition coefficient (Wildman–Crippen LogP) is 3.34. The zero-order chi connectivity index (χ0) is 10.8. The minimum atomic E-state index is -0.526. The van der Waals surface area contributed by atoms with Gasteiger partial charge in [-0.25, -0.2) is 9.37 Å². The van der Waals surface area contributed by atoms with E-state index in [4.69, 9.17) is 0 Å². The van der Waals surface area contributed by atoms with E-state index in [9.17, 15) is 8.78 Å². The van der Waals surface area contributed by atoms with E-state index in [-0.39, 0.29) is 5.82 Å². The molecule has 0 N–H and O–H groups in total. The quantitative estimate of drug-likeness (QED) is 0.650. The summed E-state index contributed by atoms with van der Waals surface area (Å²) in [4.78, 5) is 3.58. The Balaban J connectivity index is 2.58. The third-order valence-electron chi connectivity index (χ3n) is 2.25.